The summed E-state index contributed by atoms with van der Waals surface area (Å²) in [6.45, 7) is 21.1. The van der Waals surface area contributed by atoms with Crippen LogP contribution in [-0.4, -0.2) is 126 Å². The van der Waals surface area contributed by atoms with Gasteiger partial charge in [0.1, 0.15) is 18.1 Å². The maximum absolute atomic E-state index is 14.7. The number of fused-ring (bicyclic) bond motifs is 6. The minimum atomic E-state index is -1.06. The van der Waals surface area contributed by atoms with Gasteiger partial charge in [-0.3, -0.25) is 34.0 Å². The summed E-state index contributed by atoms with van der Waals surface area (Å²) >= 11 is 0. The largest absolute Gasteiger partial charge is 0.464 e. The second-order valence-electron chi connectivity index (χ2n) is 19.3. The van der Waals surface area contributed by atoms with Crippen LogP contribution in [-0.2, 0) is 46.4 Å². The number of cyclic esters (lactones) is 1. The number of pyridine rings is 1. The highest BCUT2D eigenvalue weighted by atomic mass is 16.5. The van der Waals surface area contributed by atoms with Gasteiger partial charge < -0.3 is 34.1 Å². The molecule has 65 heavy (non-hydrogen) atoms. The molecule has 0 spiro atoms. The first-order valence-corrected chi connectivity index (χ1v) is 23.3. The Hall–Kier alpha value is -5.54. The molecule has 0 saturated carbocycles. The number of hydrogen-bond acceptors (Lipinski definition) is 10. The van der Waals surface area contributed by atoms with E-state index in [1.807, 2.05) is 13.0 Å². The van der Waals surface area contributed by atoms with Gasteiger partial charge in [-0.2, -0.15) is 0 Å². The van der Waals surface area contributed by atoms with Gasteiger partial charge in [0.2, 0.25) is 17.7 Å². The number of nitrogens with one attached hydrogen (secondary N) is 2. The molecule has 6 bridgehead atoms. The van der Waals surface area contributed by atoms with Gasteiger partial charge >= 0.3 is 5.97 Å². The highest BCUT2D eigenvalue weighted by Crippen LogP contribution is 2.42. The minimum Gasteiger partial charge on any atom is -0.464 e. The molecule has 3 aromatic rings. The minimum absolute atomic E-state index is 0.0235. The van der Waals surface area contributed by atoms with Crippen molar-refractivity contribution < 1.29 is 33.4 Å². The number of methoxy groups -OCH3 is 1. The molecule has 0 radical (unpaired) electrons. The van der Waals surface area contributed by atoms with E-state index < -0.39 is 41.3 Å². The Morgan fingerprint density at radius 1 is 1.11 bits per heavy atom. The van der Waals surface area contributed by atoms with Gasteiger partial charge in [-0.1, -0.05) is 27.0 Å². The third kappa shape index (κ3) is 10.0. The summed E-state index contributed by atoms with van der Waals surface area (Å²) in [7, 11) is 3.27. The number of amides is 4. The van der Waals surface area contributed by atoms with Crippen LogP contribution in [0.4, 0.5) is 5.69 Å². The van der Waals surface area contributed by atoms with Crippen molar-refractivity contribution in [2.24, 2.45) is 17.3 Å². The Balaban J connectivity index is 1.25. The van der Waals surface area contributed by atoms with Gasteiger partial charge in [-0.15, -0.1) is 0 Å². The smallest absolute Gasteiger partial charge is 0.324 e. The summed E-state index contributed by atoms with van der Waals surface area (Å²) in [5.74, 6) is -2.29. The first-order valence-electron chi connectivity index (χ1n) is 23.3. The molecule has 0 aliphatic carbocycles. The van der Waals surface area contributed by atoms with Crippen LogP contribution in [0, 0.1) is 17.3 Å². The number of likely N-dealkylation sites (N-methyl/N-ethyl adjacent to an activating group) is 1. The van der Waals surface area contributed by atoms with Crippen molar-refractivity contribution in [2.45, 2.75) is 110 Å². The molecular weight excluding hydrogens is 825 g/mol. The van der Waals surface area contributed by atoms with Gasteiger partial charge in [0.15, 0.2) is 0 Å². The molecule has 6 atom stereocenters. The van der Waals surface area contributed by atoms with Crippen molar-refractivity contribution in [3.63, 3.8) is 0 Å². The molecule has 3 saturated heterocycles. The first-order chi connectivity index (χ1) is 31.0. The van der Waals surface area contributed by atoms with Crippen LogP contribution in [0.15, 0.2) is 61.3 Å². The lowest BCUT2D eigenvalue weighted by atomic mass is 9.84. The molecule has 2 aromatic heterocycles. The predicted octanol–water partition coefficient (Wildman–Crippen LogP) is 5.58. The summed E-state index contributed by atoms with van der Waals surface area (Å²) in [6, 6.07) is 7.97. The number of hydrazine groups is 1. The summed E-state index contributed by atoms with van der Waals surface area (Å²) in [6.07, 6.45) is 7.01. The number of rotatable bonds is 10. The number of hydrogen-bond donors (Lipinski definition) is 2. The van der Waals surface area contributed by atoms with E-state index in [2.05, 4.69) is 78.4 Å². The van der Waals surface area contributed by atoms with Gasteiger partial charge in [0.05, 0.1) is 30.0 Å². The van der Waals surface area contributed by atoms with Crippen LogP contribution < -0.4 is 15.6 Å². The number of aromatic nitrogens is 2. The number of likely N-dealkylation sites (tertiary alicyclic amines) is 1. The van der Waals surface area contributed by atoms with Gasteiger partial charge in [-0.05, 0) is 119 Å². The Bertz CT molecular complexity index is 2320. The van der Waals surface area contributed by atoms with E-state index in [0.29, 0.717) is 57.3 Å². The Labute approximate surface area is 383 Å². The van der Waals surface area contributed by atoms with Crippen molar-refractivity contribution in [3.8, 4) is 11.3 Å². The van der Waals surface area contributed by atoms with Gasteiger partial charge in [0.25, 0.3) is 5.91 Å². The zero-order valence-electron chi connectivity index (χ0n) is 39.4. The number of carbonyl (C=O) groups excluding carboxylic acids is 5. The van der Waals surface area contributed by atoms with Crippen molar-refractivity contribution in [3.05, 3.63) is 72.6 Å². The van der Waals surface area contributed by atoms with Crippen molar-refractivity contribution in [1.29, 1.82) is 0 Å². The molecule has 15 nitrogen and oxygen atoms in total. The third-order valence-corrected chi connectivity index (χ3v) is 13.8. The molecule has 350 valence electrons. The maximum atomic E-state index is 14.7. The fourth-order valence-electron chi connectivity index (χ4n) is 10.4. The maximum Gasteiger partial charge on any atom is 0.324 e. The normalized spacial score (nSPS) is 23.6. The van der Waals surface area contributed by atoms with E-state index in [0.717, 1.165) is 65.0 Å². The van der Waals surface area contributed by atoms with Crippen LogP contribution in [0.3, 0.4) is 0 Å². The lowest BCUT2D eigenvalue weighted by Crippen LogP contribution is -2.62. The molecule has 15 heteroatoms. The lowest BCUT2D eigenvalue weighted by Gasteiger charge is -2.39. The molecule has 2 N–H and O–H groups in total. The topological polar surface area (TPSA) is 159 Å². The number of carbonyl (C=O) groups is 5. The number of aryl methyl sites for hydroxylation is 1. The molecule has 3 fully saturated rings. The average Bonchev–Trinajstić information content (AvgIpc) is 3.92. The number of esters is 1. The van der Waals surface area contributed by atoms with Crippen LogP contribution in [0.2, 0.25) is 0 Å². The van der Waals surface area contributed by atoms with E-state index in [9.17, 15) is 24.0 Å². The van der Waals surface area contributed by atoms with Gasteiger partial charge in [0, 0.05) is 87.2 Å². The predicted molar refractivity (Wildman–Crippen MR) is 250 cm³/mol. The zero-order chi connectivity index (χ0) is 46.7. The molecule has 0 unspecified atom stereocenters. The van der Waals surface area contributed by atoms with E-state index in [4.69, 9.17) is 14.5 Å². The Kier molecular flexibility index (Phi) is 14.5. The van der Waals surface area contributed by atoms with E-state index in [-0.39, 0.29) is 42.9 Å². The summed E-state index contributed by atoms with van der Waals surface area (Å²) in [4.78, 5) is 79.5. The SMILES string of the molecule is C=CC(=O)N1CC[C@H](C(=O)N(C)[C@@H](C(=C)C)C(=O)N[C@H]2C[C@@H]3CCCN(C3)c3ccc4c(c3)c(c(-c3cccnc3[C@H](C)OC)n4CC)CC(C)(C)COC(=O)[C@@H]3CCCN(N3)C2=O)C1. The number of nitrogens with zero attached hydrogens (tertiary/aromatic N) is 6. The van der Waals surface area contributed by atoms with Crippen molar-refractivity contribution >= 4 is 46.2 Å². The molecule has 7 rings (SSSR count). The fourth-order valence-corrected chi connectivity index (χ4v) is 10.4. The first kappa shape index (κ1) is 47.4. The standard InChI is InChI=1S/C50H68N8O7/c1-10-42(59)56-24-20-34(29-56)47(61)54(8)44(31(3)4)46(60)52-40-25-33-15-13-22-55(28-33)35-18-19-41-37(26-35)38(45(57(41)11-2)36-16-12-21-51-43(36)32(5)64-9)27-50(6,7)30-65-49(63)39-17-14-23-58(53-39)48(40)62/h10,12,16,18-19,21,26,32-34,39-40,44,53H,1,3,11,13-15,17,20,22-25,27-30H2,2,4-9H3,(H,52,60)/t32-,33-,34-,39-,40-,44-/m0/s1. The molecule has 4 amide bonds. The third-order valence-electron chi connectivity index (χ3n) is 13.8. The Morgan fingerprint density at radius 2 is 1.88 bits per heavy atom. The Morgan fingerprint density at radius 3 is 2.60 bits per heavy atom. The molecule has 4 aliphatic rings. The quantitative estimate of drug-likeness (QED) is 0.150. The van der Waals surface area contributed by atoms with Crippen molar-refractivity contribution in [1.82, 2.24) is 35.1 Å². The number of benzene rings is 1. The molecule has 1 aromatic carbocycles. The average molecular weight is 893 g/mol. The monoisotopic (exact) mass is 893 g/mol. The fraction of sp³-hybridized carbons (Fsp3) is 0.560. The summed E-state index contributed by atoms with van der Waals surface area (Å²) in [5.41, 5.74) is 9.39. The van der Waals surface area contributed by atoms with Crippen LogP contribution >= 0.6 is 0 Å². The second kappa shape index (κ2) is 19.9. The zero-order valence-corrected chi connectivity index (χ0v) is 39.4. The van der Waals surface area contributed by atoms with Crippen molar-refractivity contribution in [2.75, 3.05) is 58.4 Å². The molecule has 6 heterocycles. The molecule has 4 aliphatic heterocycles. The number of piperidine rings is 1. The van der Waals surface area contributed by atoms with Crippen LogP contribution in [0.1, 0.15) is 90.5 Å². The summed E-state index contributed by atoms with van der Waals surface area (Å²) < 4.78 is 14.3. The summed E-state index contributed by atoms with van der Waals surface area (Å²) in [5, 5.41) is 5.66. The van der Waals surface area contributed by atoms with E-state index in [1.165, 1.54) is 16.0 Å². The van der Waals surface area contributed by atoms with Crippen LogP contribution in [0.25, 0.3) is 22.2 Å². The van der Waals surface area contributed by atoms with Gasteiger partial charge in [-0.25, -0.2) is 5.43 Å². The number of ether oxygens (including phenoxy) is 2. The van der Waals surface area contributed by atoms with E-state index >= 15 is 0 Å². The molecular formula is C50H68N8O7. The highest BCUT2D eigenvalue weighted by molar-refractivity contribution is 5.96. The highest BCUT2D eigenvalue weighted by Gasteiger charge is 2.40. The number of anilines is 1. The second-order valence-corrected chi connectivity index (χ2v) is 19.3. The van der Waals surface area contributed by atoms with E-state index in [1.54, 1.807) is 32.2 Å². The lowest BCUT2D eigenvalue weighted by molar-refractivity contribution is -0.155. The van der Waals surface area contributed by atoms with Crippen LogP contribution in [0.5, 0.6) is 0 Å².